The van der Waals surface area contributed by atoms with Crippen molar-refractivity contribution < 1.29 is 14.2 Å². The topological polar surface area (TPSA) is 68.4 Å². The van der Waals surface area contributed by atoms with E-state index in [4.69, 9.17) is 14.2 Å². The zero-order chi connectivity index (χ0) is 21.4. The molecule has 2 heterocycles. The molecule has 1 aliphatic heterocycles. The number of ether oxygens (including phenoxy) is 3. The molecule has 2 aliphatic rings. The van der Waals surface area contributed by atoms with Gasteiger partial charge in [-0.2, -0.15) is 5.26 Å². The number of rotatable bonds is 5. The average molecular weight is 418 g/mol. The van der Waals surface area contributed by atoms with Crippen molar-refractivity contribution in [1.29, 1.82) is 5.26 Å². The van der Waals surface area contributed by atoms with Crippen LogP contribution in [-0.2, 0) is 7.05 Å². The first-order valence-electron chi connectivity index (χ1n) is 10.8. The molecule has 6 heteroatoms. The smallest absolute Gasteiger partial charge is 0.204 e. The third-order valence-corrected chi connectivity index (χ3v) is 6.53. The van der Waals surface area contributed by atoms with E-state index >= 15 is 0 Å². The van der Waals surface area contributed by atoms with Crippen molar-refractivity contribution in [3.8, 4) is 23.3 Å². The monoisotopic (exact) mass is 417 g/mol. The van der Waals surface area contributed by atoms with E-state index in [1.807, 2.05) is 30.3 Å². The molecular weight excluding hydrogens is 390 g/mol. The first-order chi connectivity index (χ1) is 15.2. The number of nitrogens with zero attached hydrogens (tertiary/aromatic N) is 2. The van der Waals surface area contributed by atoms with E-state index in [-0.39, 0.29) is 6.10 Å². The largest absolute Gasteiger partial charge is 0.493 e. The van der Waals surface area contributed by atoms with Crippen molar-refractivity contribution in [3.05, 3.63) is 53.7 Å². The highest BCUT2D eigenvalue weighted by Gasteiger charge is 2.30. The van der Waals surface area contributed by atoms with Crippen LogP contribution in [0.5, 0.6) is 17.2 Å². The van der Waals surface area contributed by atoms with Gasteiger partial charge in [-0.3, -0.25) is 0 Å². The molecule has 1 saturated carbocycles. The molecular formula is C25H27N3O3. The predicted molar refractivity (Wildman–Crippen MR) is 119 cm³/mol. The fourth-order valence-electron chi connectivity index (χ4n) is 4.94. The lowest BCUT2D eigenvalue weighted by Gasteiger charge is -2.28. The normalized spacial score (nSPS) is 22.4. The van der Waals surface area contributed by atoms with E-state index in [2.05, 4.69) is 35.3 Å². The fourth-order valence-corrected chi connectivity index (χ4v) is 4.94. The lowest BCUT2D eigenvalue weighted by molar-refractivity contribution is 0.0844. The summed E-state index contributed by atoms with van der Waals surface area (Å²) in [6.45, 7) is 1.27. The zero-order valence-corrected chi connectivity index (χ0v) is 17.9. The summed E-state index contributed by atoms with van der Waals surface area (Å²) in [5.41, 5.74) is 3.26. The molecule has 31 heavy (non-hydrogen) atoms. The maximum Gasteiger partial charge on any atom is 0.204 e. The summed E-state index contributed by atoms with van der Waals surface area (Å²) in [5, 5.41) is 14.2. The molecule has 3 atom stereocenters. The van der Waals surface area contributed by atoms with Gasteiger partial charge < -0.3 is 24.1 Å². The van der Waals surface area contributed by atoms with E-state index in [0.717, 1.165) is 37.1 Å². The molecule has 0 amide bonds. The summed E-state index contributed by atoms with van der Waals surface area (Å²) in [6.07, 6.45) is 5.56. The summed E-state index contributed by atoms with van der Waals surface area (Å²) >= 11 is 0. The van der Waals surface area contributed by atoms with Crippen LogP contribution in [-0.4, -0.2) is 37.0 Å². The van der Waals surface area contributed by atoms with Crippen molar-refractivity contribution in [2.75, 3.05) is 20.3 Å². The second kappa shape index (κ2) is 8.16. The first kappa shape index (κ1) is 19.8. The van der Waals surface area contributed by atoms with Crippen LogP contribution in [0.15, 0.2) is 42.6 Å². The van der Waals surface area contributed by atoms with Crippen LogP contribution in [0.4, 0.5) is 0 Å². The Bertz CT molecular complexity index is 1130. The quantitative estimate of drug-likeness (QED) is 0.676. The molecule has 3 aromatic rings. The minimum atomic E-state index is -0.0430. The summed E-state index contributed by atoms with van der Waals surface area (Å²) < 4.78 is 19.6. The van der Waals surface area contributed by atoms with E-state index in [0.29, 0.717) is 30.1 Å². The van der Waals surface area contributed by atoms with Gasteiger partial charge in [0, 0.05) is 36.7 Å². The first-order valence-corrected chi connectivity index (χ1v) is 10.8. The number of aryl methyl sites for hydroxylation is 1. The Labute approximate surface area is 182 Å². The van der Waals surface area contributed by atoms with Crippen molar-refractivity contribution in [1.82, 2.24) is 9.88 Å². The maximum atomic E-state index is 9.29. The lowest BCUT2D eigenvalue weighted by atomic mass is 9.96. The Hall–Kier alpha value is -3.17. The van der Waals surface area contributed by atoms with Crippen LogP contribution in [0.1, 0.15) is 36.3 Å². The fraction of sp³-hybridized carbons (Fsp3) is 0.400. The molecule has 0 saturated heterocycles. The SMILES string of the molecule is COc1cccc2c1O[C@@H](CN[C@H]1CC[C@@H](c3cn(C)c4ccc(C#N)cc34)C1)CO2. The summed E-state index contributed by atoms with van der Waals surface area (Å²) in [6, 6.07) is 14.4. The van der Waals surface area contributed by atoms with Crippen molar-refractivity contribution >= 4 is 10.9 Å². The standard InChI is InChI=1S/C25H27N3O3/c1-28-14-21(20-10-16(12-26)6-9-22(20)28)17-7-8-18(11-17)27-13-19-15-30-24-5-3-4-23(29-2)25(24)31-19/h3-6,9-10,14,17-19,27H,7-8,11,13,15H2,1-2H3/t17-,18+,19+/m1/s1. The van der Waals surface area contributed by atoms with Gasteiger partial charge in [0.05, 0.1) is 18.7 Å². The number of nitriles is 1. The highest BCUT2D eigenvalue weighted by molar-refractivity contribution is 5.86. The van der Waals surface area contributed by atoms with Gasteiger partial charge in [-0.25, -0.2) is 0 Å². The van der Waals surface area contributed by atoms with Gasteiger partial charge in [0.15, 0.2) is 11.5 Å². The predicted octanol–water partition coefficient (Wildman–Crippen LogP) is 4.12. The third kappa shape index (κ3) is 3.70. The molecule has 160 valence electrons. The number of aromatic nitrogens is 1. The molecule has 1 aromatic heterocycles. The van der Waals surface area contributed by atoms with Gasteiger partial charge >= 0.3 is 0 Å². The maximum absolute atomic E-state index is 9.29. The molecule has 0 radical (unpaired) electrons. The second-order valence-corrected chi connectivity index (χ2v) is 8.49. The number of methoxy groups -OCH3 is 1. The summed E-state index contributed by atoms with van der Waals surface area (Å²) in [5.74, 6) is 2.64. The van der Waals surface area contributed by atoms with Gasteiger partial charge in [-0.15, -0.1) is 0 Å². The Kier molecular flexibility index (Phi) is 5.21. The Morgan fingerprint density at radius 1 is 1.26 bits per heavy atom. The van der Waals surface area contributed by atoms with Gasteiger partial charge in [0.25, 0.3) is 0 Å². The van der Waals surface area contributed by atoms with E-state index in [1.165, 1.54) is 16.5 Å². The highest BCUT2D eigenvalue weighted by Crippen LogP contribution is 2.41. The molecule has 0 unspecified atom stereocenters. The Balaban J connectivity index is 1.23. The van der Waals surface area contributed by atoms with Crippen LogP contribution in [0.3, 0.4) is 0 Å². The van der Waals surface area contributed by atoms with Gasteiger partial charge in [0.1, 0.15) is 12.7 Å². The number of hydrogen-bond donors (Lipinski definition) is 1. The molecule has 6 nitrogen and oxygen atoms in total. The molecule has 2 aromatic carbocycles. The van der Waals surface area contributed by atoms with Crippen LogP contribution < -0.4 is 19.5 Å². The Morgan fingerprint density at radius 3 is 3.00 bits per heavy atom. The summed E-state index contributed by atoms with van der Waals surface area (Å²) in [7, 11) is 3.72. The van der Waals surface area contributed by atoms with Gasteiger partial charge in [-0.1, -0.05) is 6.07 Å². The van der Waals surface area contributed by atoms with E-state index in [9.17, 15) is 5.26 Å². The molecule has 1 aliphatic carbocycles. The Morgan fingerprint density at radius 2 is 2.16 bits per heavy atom. The minimum Gasteiger partial charge on any atom is -0.493 e. The number of nitrogens with one attached hydrogen (secondary N) is 1. The van der Waals surface area contributed by atoms with E-state index < -0.39 is 0 Å². The number of para-hydroxylation sites is 1. The van der Waals surface area contributed by atoms with E-state index in [1.54, 1.807) is 7.11 Å². The molecule has 0 bridgehead atoms. The molecule has 5 rings (SSSR count). The lowest BCUT2D eigenvalue weighted by Crippen LogP contribution is -2.41. The highest BCUT2D eigenvalue weighted by atomic mass is 16.6. The van der Waals surface area contributed by atoms with Crippen molar-refractivity contribution in [2.45, 2.75) is 37.3 Å². The molecule has 1 N–H and O–H groups in total. The van der Waals surface area contributed by atoms with Gasteiger partial charge in [0.2, 0.25) is 5.75 Å². The number of fused-ring (bicyclic) bond motifs is 2. The molecule has 0 spiro atoms. The van der Waals surface area contributed by atoms with Crippen LogP contribution in [0.25, 0.3) is 10.9 Å². The number of hydrogen-bond acceptors (Lipinski definition) is 5. The number of benzene rings is 2. The third-order valence-electron chi connectivity index (χ3n) is 6.53. The van der Waals surface area contributed by atoms with Crippen LogP contribution in [0, 0.1) is 11.3 Å². The minimum absolute atomic E-state index is 0.0430. The summed E-state index contributed by atoms with van der Waals surface area (Å²) in [4.78, 5) is 0. The average Bonchev–Trinajstić information content (AvgIpc) is 3.41. The zero-order valence-electron chi connectivity index (χ0n) is 17.9. The molecule has 1 fully saturated rings. The van der Waals surface area contributed by atoms with Crippen molar-refractivity contribution in [2.24, 2.45) is 7.05 Å². The second-order valence-electron chi connectivity index (χ2n) is 8.49. The van der Waals surface area contributed by atoms with Crippen molar-refractivity contribution in [3.63, 3.8) is 0 Å². The van der Waals surface area contributed by atoms with Crippen LogP contribution >= 0.6 is 0 Å². The van der Waals surface area contributed by atoms with Gasteiger partial charge in [-0.05, 0) is 61.1 Å². The van der Waals surface area contributed by atoms with Crippen LogP contribution in [0.2, 0.25) is 0 Å².